The molecule has 6 rings (SSSR count). The van der Waals surface area contributed by atoms with E-state index < -0.39 is 0 Å². The fourth-order valence-corrected chi connectivity index (χ4v) is 4.87. The molecule has 184 valence electrons. The molecule has 1 amide bonds. The van der Waals surface area contributed by atoms with Gasteiger partial charge in [-0.2, -0.15) is 19.6 Å². The summed E-state index contributed by atoms with van der Waals surface area (Å²) in [6.45, 7) is 2.42. The van der Waals surface area contributed by atoms with Crippen molar-refractivity contribution in [1.29, 1.82) is 0 Å². The molecule has 3 fully saturated rings. The lowest BCUT2D eigenvalue weighted by molar-refractivity contribution is 0.0698. The van der Waals surface area contributed by atoms with E-state index in [-0.39, 0.29) is 12.0 Å². The predicted molar refractivity (Wildman–Crippen MR) is 132 cm³/mol. The predicted octanol–water partition coefficient (Wildman–Crippen LogP) is 3.84. The molecule has 0 atom stereocenters. The summed E-state index contributed by atoms with van der Waals surface area (Å²) in [5, 5.41) is 11.1. The van der Waals surface area contributed by atoms with Crippen LogP contribution < -0.4 is 15.4 Å². The van der Waals surface area contributed by atoms with Gasteiger partial charge in [-0.05, 0) is 75.0 Å². The van der Waals surface area contributed by atoms with Gasteiger partial charge in [0, 0.05) is 36.9 Å². The highest BCUT2D eigenvalue weighted by atomic mass is 16.5. The largest absolute Gasteiger partial charge is 0.460 e. The topological polar surface area (TPSA) is 103 Å². The van der Waals surface area contributed by atoms with E-state index in [1.165, 1.54) is 12.8 Å². The number of benzene rings is 1. The minimum atomic E-state index is -0.0203. The zero-order valence-electron chi connectivity index (χ0n) is 19.9. The number of ether oxygens (including phenoxy) is 2. The van der Waals surface area contributed by atoms with Crippen LogP contribution in [0.4, 0.5) is 5.95 Å². The second-order valence-electron chi connectivity index (χ2n) is 9.91. The maximum Gasteiger partial charge on any atom is 0.322 e. The third-order valence-electron chi connectivity index (χ3n) is 7.18. The van der Waals surface area contributed by atoms with Gasteiger partial charge in [-0.15, -0.1) is 0 Å². The Bertz CT molecular complexity index is 1180. The third kappa shape index (κ3) is 5.10. The van der Waals surface area contributed by atoms with Crippen molar-refractivity contribution in [2.24, 2.45) is 5.92 Å². The van der Waals surface area contributed by atoms with E-state index in [2.05, 4.69) is 15.7 Å². The molecular weight excluding hydrogens is 444 g/mol. The molecule has 2 saturated carbocycles. The number of anilines is 1. The molecule has 9 nitrogen and oxygen atoms in total. The molecule has 3 aromatic rings. The number of aromatic nitrogens is 4. The molecule has 0 spiro atoms. The summed E-state index contributed by atoms with van der Waals surface area (Å²) in [6.07, 6.45) is 10.6. The summed E-state index contributed by atoms with van der Waals surface area (Å²) in [4.78, 5) is 21.8. The molecule has 0 bridgehead atoms. The number of nitrogens with zero attached hydrogens (tertiary/aromatic N) is 4. The second-order valence-corrected chi connectivity index (χ2v) is 9.91. The van der Waals surface area contributed by atoms with Crippen LogP contribution >= 0.6 is 0 Å². The third-order valence-corrected chi connectivity index (χ3v) is 7.18. The van der Waals surface area contributed by atoms with E-state index in [0.29, 0.717) is 35.1 Å². The Morgan fingerprint density at radius 1 is 1.03 bits per heavy atom. The van der Waals surface area contributed by atoms with E-state index >= 15 is 0 Å². The number of rotatable bonds is 8. The van der Waals surface area contributed by atoms with Crippen LogP contribution in [0.25, 0.3) is 16.8 Å². The first-order valence-corrected chi connectivity index (χ1v) is 12.9. The smallest absolute Gasteiger partial charge is 0.322 e. The van der Waals surface area contributed by atoms with E-state index in [4.69, 9.17) is 19.4 Å². The van der Waals surface area contributed by atoms with Gasteiger partial charge in [0.2, 0.25) is 5.95 Å². The highest BCUT2D eigenvalue weighted by Gasteiger charge is 2.24. The molecule has 2 aliphatic carbocycles. The fraction of sp³-hybridized carbons (Fsp3) is 0.538. The average molecular weight is 477 g/mol. The van der Waals surface area contributed by atoms with Gasteiger partial charge in [0.25, 0.3) is 5.91 Å². The molecule has 35 heavy (non-hydrogen) atoms. The molecule has 1 aromatic carbocycles. The number of carbonyl (C=O) groups is 1. The number of hydrogen-bond donors (Lipinski definition) is 2. The Kier molecular flexibility index (Phi) is 6.24. The Morgan fingerprint density at radius 2 is 1.80 bits per heavy atom. The number of hydrogen-bond acceptors (Lipinski definition) is 7. The van der Waals surface area contributed by atoms with Crippen LogP contribution in [0.5, 0.6) is 6.01 Å². The van der Waals surface area contributed by atoms with E-state index in [1.54, 1.807) is 4.52 Å². The minimum Gasteiger partial charge on any atom is -0.460 e. The van der Waals surface area contributed by atoms with Gasteiger partial charge in [0.1, 0.15) is 6.10 Å². The van der Waals surface area contributed by atoms with Crippen LogP contribution in [0.3, 0.4) is 0 Å². The van der Waals surface area contributed by atoms with E-state index in [9.17, 15) is 4.79 Å². The molecule has 1 aliphatic heterocycles. The number of carbonyl (C=O) groups excluding carboxylic acids is 1. The van der Waals surface area contributed by atoms with Gasteiger partial charge in [-0.1, -0.05) is 12.1 Å². The van der Waals surface area contributed by atoms with Gasteiger partial charge in [0.05, 0.1) is 6.20 Å². The molecule has 2 N–H and O–H groups in total. The molecular formula is C26H32N6O3. The summed E-state index contributed by atoms with van der Waals surface area (Å²) in [5.41, 5.74) is 3.18. The number of amides is 1. The Morgan fingerprint density at radius 3 is 2.54 bits per heavy atom. The Hall–Kier alpha value is -3.20. The highest BCUT2D eigenvalue weighted by Crippen LogP contribution is 2.29. The normalized spacial score (nSPS) is 19.2. The van der Waals surface area contributed by atoms with Crippen molar-refractivity contribution in [3.8, 4) is 17.1 Å². The Balaban J connectivity index is 1.29. The van der Waals surface area contributed by atoms with Gasteiger partial charge in [-0.25, -0.2) is 0 Å². The fourth-order valence-electron chi connectivity index (χ4n) is 4.87. The quantitative estimate of drug-likeness (QED) is 0.509. The average Bonchev–Trinajstić information content (AvgIpc) is 3.36. The first kappa shape index (κ1) is 22.3. The molecule has 2 aromatic heterocycles. The molecule has 1 saturated heterocycles. The van der Waals surface area contributed by atoms with Crippen LogP contribution in [0.15, 0.2) is 30.5 Å². The van der Waals surface area contributed by atoms with Crippen molar-refractivity contribution < 1.29 is 14.3 Å². The first-order chi connectivity index (χ1) is 17.2. The van der Waals surface area contributed by atoms with Crippen molar-refractivity contribution in [3.05, 3.63) is 36.0 Å². The molecule has 0 unspecified atom stereocenters. The van der Waals surface area contributed by atoms with Gasteiger partial charge in [0.15, 0.2) is 5.65 Å². The molecule has 3 aliphatic rings. The lowest BCUT2D eigenvalue weighted by atomic mass is 10.0. The lowest BCUT2D eigenvalue weighted by Gasteiger charge is -2.22. The van der Waals surface area contributed by atoms with E-state index in [0.717, 1.165) is 69.4 Å². The van der Waals surface area contributed by atoms with Crippen LogP contribution in [-0.2, 0) is 4.74 Å². The zero-order chi connectivity index (χ0) is 23.6. The van der Waals surface area contributed by atoms with Crippen LogP contribution in [0, 0.1) is 5.92 Å². The molecule has 0 radical (unpaired) electrons. The van der Waals surface area contributed by atoms with Crippen LogP contribution in [0.2, 0.25) is 0 Å². The van der Waals surface area contributed by atoms with Crippen molar-refractivity contribution in [1.82, 2.24) is 24.9 Å². The zero-order valence-corrected chi connectivity index (χ0v) is 19.9. The highest BCUT2D eigenvalue weighted by molar-refractivity contribution is 5.95. The van der Waals surface area contributed by atoms with Crippen molar-refractivity contribution >= 4 is 17.5 Å². The minimum absolute atomic E-state index is 0.0203. The number of fused-ring (bicyclic) bond motifs is 1. The van der Waals surface area contributed by atoms with Crippen molar-refractivity contribution in [3.63, 3.8) is 0 Å². The van der Waals surface area contributed by atoms with Gasteiger partial charge >= 0.3 is 6.01 Å². The van der Waals surface area contributed by atoms with Crippen molar-refractivity contribution in [2.45, 2.75) is 63.5 Å². The lowest BCUT2D eigenvalue weighted by Crippen LogP contribution is -2.25. The SMILES string of the molecule is O=C(NC1CC1)c1ccc(-c2cnn3c(NCC4CCOCC4)nc(OC4CCCC4)nc23)cc1. The van der Waals surface area contributed by atoms with Crippen LogP contribution in [0.1, 0.15) is 61.7 Å². The summed E-state index contributed by atoms with van der Waals surface area (Å²) in [7, 11) is 0. The van der Waals surface area contributed by atoms with Crippen LogP contribution in [-0.4, -0.2) is 57.4 Å². The standard InChI is InChI=1S/C26H32N6O3/c33-24(29-20-9-10-20)19-7-5-18(6-8-19)22-16-28-32-23(22)30-26(35-21-3-1-2-4-21)31-25(32)27-15-17-11-13-34-14-12-17/h5-8,16-17,20-21H,1-4,9-15H2,(H,29,33)(H,27,30,31). The second kappa shape index (κ2) is 9.81. The molecule has 9 heteroatoms. The van der Waals surface area contributed by atoms with Gasteiger partial charge < -0.3 is 20.1 Å². The summed E-state index contributed by atoms with van der Waals surface area (Å²) >= 11 is 0. The van der Waals surface area contributed by atoms with Crippen molar-refractivity contribution in [2.75, 3.05) is 25.1 Å². The maximum absolute atomic E-state index is 12.4. The Labute approximate surface area is 204 Å². The monoisotopic (exact) mass is 476 g/mol. The molecule has 3 heterocycles. The summed E-state index contributed by atoms with van der Waals surface area (Å²) in [5.74, 6) is 1.16. The number of nitrogens with one attached hydrogen (secondary N) is 2. The van der Waals surface area contributed by atoms with E-state index in [1.807, 2.05) is 30.5 Å². The summed E-state index contributed by atoms with van der Waals surface area (Å²) < 4.78 is 13.4. The first-order valence-electron chi connectivity index (χ1n) is 12.9. The van der Waals surface area contributed by atoms with Gasteiger partial charge in [-0.3, -0.25) is 4.79 Å². The maximum atomic E-state index is 12.4. The summed E-state index contributed by atoms with van der Waals surface area (Å²) in [6, 6.07) is 8.35.